The van der Waals surface area contributed by atoms with Crippen molar-refractivity contribution in [2.75, 3.05) is 39.8 Å². The van der Waals surface area contributed by atoms with Crippen LogP contribution < -0.4 is 4.74 Å². The van der Waals surface area contributed by atoms with Crippen LogP contribution in [0.15, 0.2) is 24.3 Å². The number of nitro groups is 1. The summed E-state index contributed by atoms with van der Waals surface area (Å²) in [4.78, 5) is 25.1. The largest absolute Gasteiger partial charge is 0.492 e. The number of likely N-dealkylation sites (N-methyl/N-ethyl adjacent to an activating group) is 1. The second-order valence-electron chi connectivity index (χ2n) is 5.98. The number of non-ortho nitro benzene ring substituents is 1. The Morgan fingerprint density at radius 1 is 1.36 bits per heavy atom. The molecule has 1 aromatic rings. The number of piperidine rings is 1. The van der Waals surface area contributed by atoms with Gasteiger partial charge in [0, 0.05) is 24.7 Å². The summed E-state index contributed by atoms with van der Waals surface area (Å²) in [7, 11) is 1.85. The van der Waals surface area contributed by atoms with Gasteiger partial charge in [0.1, 0.15) is 12.4 Å². The standard InChI is InChI=1S/C16H23N3O5.ClH/c1-17(12-16(20)21)13-6-8-18(9-7-13)10-11-24-15-4-2-14(3-5-15)19(22)23;/h2-5,13H,6-12H2,1H3,(H,20,21);1H. The molecule has 0 atom stereocenters. The maximum absolute atomic E-state index is 10.7. The van der Waals surface area contributed by atoms with Gasteiger partial charge >= 0.3 is 5.97 Å². The second-order valence-corrected chi connectivity index (χ2v) is 5.98. The van der Waals surface area contributed by atoms with Gasteiger partial charge in [0.25, 0.3) is 5.69 Å². The number of nitrogens with zero attached hydrogens (tertiary/aromatic N) is 3. The summed E-state index contributed by atoms with van der Waals surface area (Å²) in [6.07, 6.45) is 1.89. The molecule has 1 heterocycles. The van der Waals surface area contributed by atoms with Gasteiger partial charge in [-0.25, -0.2) is 0 Å². The van der Waals surface area contributed by atoms with E-state index in [-0.39, 0.29) is 24.6 Å². The average Bonchev–Trinajstić information content (AvgIpc) is 2.55. The number of hydrogen-bond acceptors (Lipinski definition) is 6. The molecule has 1 aromatic carbocycles. The minimum atomic E-state index is -0.795. The predicted octanol–water partition coefficient (Wildman–Crippen LogP) is 1.88. The molecule has 2 rings (SSSR count). The molecule has 0 saturated carbocycles. The summed E-state index contributed by atoms with van der Waals surface area (Å²) < 4.78 is 5.62. The Balaban J connectivity index is 0.00000312. The Bertz CT molecular complexity index is 561. The molecule has 25 heavy (non-hydrogen) atoms. The normalized spacial score (nSPS) is 15.6. The van der Waals surface area contributed by atoms with Crippen molar-refractivity contribution < 1.29 is 19.6 Å². The highest BCUT2D eigenvalue weighted by atomic mass is 35.5. The maximum Gasteiger partial charge on any atom is 0.317 e. The van der Waals surface area contributed by atoms with E-state index in [0.717, 1.165) is 32.5 Å². The quantitative estimate of drug-likeness (QED) is 0.549. The van der Waals surface area contributed by atoms with E-state index < -0.39 is 10.9 Å². The number of carboxylic acid groups (broad SMARTS) is 1. The number of benzene rings is 1. The fourth-order valence-corrected chi connectivity index (χ4v) is 2.88. The monoisotopic (exact) mass is 373 g/mol. The van der Waals surface area contributed by atoms with Crippen molar-refractivity contribution in [3.8, 4) is 5.75 Å². The molecule has 1 fully saturated rings. The lowest BCUT2D eigenvalue weighted by Crippen LogP contribution is -2.45. The molecule has 1 N–H and O–H groups in total. The van der Waals surface area contributed by atoms with E-state index in [1.807, 2.05) is 11.9 Å². The third-order valence-corrected chi connectivity index (χ3v) is 4.29. The van der Waals surface area contributed by atoms with Crippen LogP contribution in [0.1, 0.15) is 12.8 Å². The minimum absolute atomic E-state index is 0. The SMILES string of the molecule is CN(CC(=O)O)C1CCN(CCOc2ccc([N+](=O)[O-])cc2)CC1.Cl. The maximum atomic E-state index is 10.7. The number of likely N-dealkylation sites (tertiary alicyclic amines) is 1. The zero-order valence-corrected chi connectivity index (χ0v) is 15.0. The van der Waals surface area contributed by atoms with Crippen molar-refractivity contribution in [1.82, 2.24) is 9.80 Å². The minimum Gasteiger partial charge on any atom is -0.492 e. The summed E-state index contributed by atoms with van der Waals surface area (Å²) in [5, 5.41) is 19.4. The molecule has 9 heteroatoms. The molecule has 1 aliphatic heterocycles. The molecule has 0 radical (unpaired) electrons. The van der Waals surface area contributed by atoms with Gasteiger partial charge in [-0.1, -0.05) is 0 Å². The zero-order chi connectivity index (χ0) is 17.5. The van der Waals surface area contributed by atoms with Crippen LogP contribution in [0, 0.1) is 10.1 Å². The topological polar surface area (TPSA) is 96.2 Å². The van der Waals surface area contributed by atoms with Gasteiger partial charge in [-0.2, -0.15) is 0 Å². The molecule has 0 unspecified atom stereocenters. The molecule has 1 aliphatic rings. The number of hydrogen-bond donors (Lipinski definition) is 1. The molecule has 140 valence electrons. The lowest BCUT2D eigenvalue weighted by atomic mass is 10.0. The molecule has 0 amide bonds. The van der Waals surface area contributed by atoms with Gasteiger partial charge in [0.2, 0.25) is 0 Å². The number of carbonyl (C=O) groups is 1. The summed E-state index contributed by atoms with van der Waals surface area (Å²) in [6, 6.07) is 6.38. The number of rotatable bonds is 8. The molecular formula is C16H24ClN3O5. The Hall–Kier alpha value is -1.90. The van der Waals surface area contributed by atoms with E-state index in [9.17, 15) is 14.9 Å². The van der Waals surface area contributed by atoms with Crippen molar-refractivity contribution in [3.05, 3.63) is 34.4 Å². The molecule has 0 aliphatic carbocycles. The lowest BCUT2D eigenvalue weighted by Gasteiger charge is -2.36. The summed E-state index contributed by atoms with van der Waals surface area (Å²) >= 11 is 0. The third kappa shape index (κ3) is 6.85. The van der Waals surface area contributed by atoms with Gasteiger partial charge < -0.3 is 9.84 Å². The van der Waals surface area contributed by atoms with E-state index in [1.165, 1.54) is 12.1 Å². The van der Waals surface area contributed by atoms with Gasteiger partial charge in [0.15, 0.2) is 0 Å². The number of halogens is 1. The first kappa shape index (κ1) is 21.1. The molecular weight excluding hydrogens is 350 g/mol. The molecule has 0 spiro atoms. The van der Waals surface area contributed by atoms with Crippen LogP contribution in [0.3, 0.4) is 0 Å². The van der Waals surface area contributed by atoms with Crippen LogP contribution in [-0.4, -0.2) is 71.7 Å². The van der Waals surface area contributed by atoms with Crippen molar-refractivity contribution in [3.63, 3.8) is 0 Å². The van der Waals surface area contributed by atoms with E-state index in [1.54, 1.807) is 12.1 Å². The Morgan fingerprint density at radius 3 is 2.48 bits per heavy atom. The summed E-state index contributed by atoms with van der Waals surface area (Å²) in [5.41, 5.74) is 0.0508. The summed E-state index contributed by atoms with van der Waals surface area (Å²) in [6.45, 7) is 3.21. The number of nitro benzene ring substituents is 1. The fraction of sp³-hybridized carbons (Fsp3) is 0.562. The number of aliphatic carboxylic acids is 1. The smallest absolute Gasteiger partial charge is 0.317 e. The van der Waals surface area contributed by atoms with E-state index in [2.05, 4.69) is 4.90 Å². The molecule has 0 bridgehead atoms. The second kappa shape index (κ2) is 10.2. The zero-order valence-electron chi connectivity index (χ0n) is 14.2. The van der Waals surface area contributed by atoms with Crippen LogP contribution in [0.4, 0.5) is 5.69 Å². The Morgan fingerprint density at radius 2 is 1.96 bits per heavy atom. The van der Waals surface area contributed by atoms with E-state index >= 15 is 0 Å². The van der Waals surface area contributed by atoms with Crippen LogP contribution >= 0.6 is 12.4 Å². The van der Waals surface area contributed by atoms with Crippen molar-refractivity contribution in [2.45, 2.75) is 18.9 Å². The summed E-state index contributed by atoms with van der Waals surface area (Å²) in [5.74, 6) is -0.173. The fourth-order valence-electron chi connectivity index (χ4n) is 2.88. The molecule has 1 saturated heterocycles. The molecule has 8 nitrogen and oxygen atoms in total. The van der Waals surface area contributed by atoms with Gasteiger partial charge in [-0.05, 0) is 45.1 Å². The Labute approximate surface area is 152 Å². The predicted molar refractivity (Wildman–Crippen MR) is 95.6 cm³/mol. The van der Waals surface area contributed by atoms with Gasteiger partial charge in [0.05, 0.1) is 11.5 Å². The van der Waals surface area contributed by atoms with Crippen LogP contribution in [0.25, 0.3) is 0 Å². The highest BCUT2D eigenvalue weighted by Crippen LogP contribution is 2.18. The van der Waals surface area contributed by atoms with Crippen molar-refractivity contribution in [2.24, 2.45) is 0 Å². The molecule has 0 aromatic heterocycles. The number of carboxylic acids is 1. The first-order valence-electron chi connectivity index (χ1n) is 7.97. The number of ether oxygens (including phenoxy) is 1. The third-order valence-electron chi connectivity index (χ3n) is 4.29. The van der Waals surface area contributed by atoms with Crippen LogP contribution in [-0.2, 0) is 4.79 Å². The first-order chi connectivity index (χ1) is 11.5. The highest BCUT2D eigenvalue weighted by Gasteiger charge is 2.23. The van der Waals surface area contributed by atoms with Gasteiger partial charge in [-0.3, -0.25) is 24.7 Å². The van der Waals surface area contributed by atoms with Crippen LogP contribution in [0.5, 0.6) is 5.75 Å². The van der Waals surface area contributed by atoms with Gasteiger partial charge in [-0.15, -0.1) is 12.4 Å². The average molecular weight is 374 g/mol. The van der Waals surface area contributed by atoms with Crippen LogP contribution in [0.2, 0.25) is 0 Å². The first-order valence-corrected chi connectivity index (χ1v) is 7.97. The van der Waals surface area contributed by atoms with Crippen molar-refractivity contribution in [1.29, 1.82) is 0 Å². The lowest BCUT2D eigenvalue weighted by molar-refractivity contribution is -0.384. The highest BCUT2D eigenvalue weighted by molar-refractivity contribution is 5.85. The van der Waals surface area contributed by atoms with E-state index in [4.69, 9.17) is 9.84 Å². The van der Waals surface area contributed by atoms with Crippen molar-refractivity contribution >= 4 is 24.1 Å². The Kier molecular flexibility index (Phi) is 8.60. The van der Waals surface area contributed by atoms with E-state index in [0.29, 0.717) is 18.4 Å².